The second-order valence-electron chi connectivity index (χ2n) is 9.70. The quantitative estimate of drug-likeness (QED) is 0.397. The lowest BCUT2D eigenvalue weighted by atomic mass is 9.79. The first-order valence-corrected chi connectivity index (χ1v) is 16.2. The zero-order chi connectivity index (χ0) is 23.6. The molecule has 2 rings (SSSR count). The second kappa shape index (κ2) is 10.3. The number of aromatic nitrogens is 1. The van der Waals surface area contributed by atoms with Crippen molar-refractivity contribution in [3.63, 3.8) is 0 Å². The molecule has 1 aromatic rings. The Kier molecular flexibility index (Phi) is 8.71. The molecule has 1 aromatic heterocycles. The zero-order valence-corrected chi connectivity index (χ0v) is 22.6. The number of hydrogen-bond acceptors (Lipinski definition) is 8. The Bertz CT molecular complexity index is 847. The molecule has 0 saturated carbocycles. The summed E-state index contributed by atoms with van der Waals surface area (Å²) in [6.07, 6.45) is 1.53. The molecule has 1 fully saturated rings. The fourth-order valence-corrected chi connectivity index (χ4v) is 6.14. The highest BCUT2D eigenvalue weighted by Gasteiger charge is 2.38. The summed E-state index contributed by atoms with van der Waals surface area (Å²) >= 11 is 1.37. The molecular weight excluding hydrogens is 454 g/mol. The first kappa shape index (κ1) is 26.2. The molecule has 0 aliphatic carbocycles. The summed E-state index contributed by atoms with van der Waals surface area (Å²) in [5.74, 6) is 0.0452. The van der Waals surface area contributed by atoms with Crippen LogP contribution in [-0.2, 0) is 18.7 Å². The molecule has 2 heterocycles. The maximum Gasteiger partial charge on any atom is 0.271 e. The van der Waals surface area contributed by atoms with Crippen molar-refractivity contribution in [2.75, 3.05) is 24.2 Å². The molecule has 1 amide bonds. The maximum absolute atomic E-state index is 13.1. The van der Waals surface area contributed by atoms with Gasteiger partial charge in [0.05, 0.1) is 18.4 Å². The number of thiazole rings is 1. The van der Waals surface area contributed by atoms with E-state index < -0.39 is 19.2 Å². The van der Waals surface area contributed by atoms with Crippen LogP contribution >= 0.6 is 11.3 Å². The minimum Gasteiger partial charge on any atom is -0.415 e. The number of amides is 1. The number of carbonyl (C=O) groups is 1. The fraction of sp³-hybridized carbons (Fsp3) is 0.800. The molecule has 3 atom stereocenters. The van der Waals surface area contributed by atoms with Crippen molar-refractivity contribution >= 4 is 41.5 Å². The Morgan fingerprint density at radius 3 is 2.48 bits per heavy atom. The van der Waals surface area contributed by atoms with Crippen molar-refractivity contribution in [2.24, 2.45) is 11.3 Å². The Labute approximate surface area is 192 Å². The third kappa shape index (κ3) is 7.52. The second-order valence-corrected chi connectivity index (χ2v) is 14.5. The van der Waals surface area contributed by atoms with Crippen LogP contribution in [0.15, 0.2) is 5.38 Å². The van der Waals surface area contributed by atoms with Crippen molar-refractivity contribution < 1.29 is 21.8 Å². The summed E-state index contributed by atoms with van der Waals surface area (Å²) in [7, 11) is -4.78. The molecule has 1 N–H and O–H groups in total. The summed E-state index contributed by atoms with van der Waals surface area (Å²) in [6.45, 7) is 15.9. The molecule has 0 spiro atoms. The summed E-state index contributed by atoms with van der Waals surface area (Å²) in [6, 6.07) is -0.117. The van der Waals surface area contributed by atoms with Crippen molar-refractivity contribution in [1.82, 2.24) is 10.3 Å². The monoisotopic (exact) mass is 491 g/mol. The van der Waals surface area contributed by atoms with Gasteiger partial charge in [-0.25, -0.2) is 4.98 Å². The normalized spacial score (nSPS) is 18.5. The van der Waals surface area contributed by atoms with E-state index in [0.717, 1.165) is 12.7 Å². The molecular formula is C20H37N3O5S2Si. The molecule has 1 aliphatic rings. The van der Waals surface area contributed by atoms with Gasteiger partial charge in [-0.3, -0.25) is 8.98 Å². The SMILES string of the molecule is CC[C@H](C)[C@H](NC(=O)c1csc(N2CC(OS(C)(=O)=O)C2)n1)C(O[SiH](C)C)C(C)(C)C. The summed E-state index contributed by atoms with van der Waals surface area (Å²) < 4.78 is 33.8. The first-order chi connectivity index (χ1) is 14.2. The topological polar surface area (TPSA) is 97.8 Å². The molecule has 31 heavy (non-hydrogen) atoms. The highest BCUT2D eigenvalue weighted by atomic mass is 32.2. The van der Waals surface area contributed by atoms with Crippen molar-refractivity contribution in [3.05, 3.63) is 11.1 Å². The van der Waals surface area contributed by atoms with E-state index in [0.29, 0.717) is 23.9 Å². The molecule has 0 aromatic carbocycles. The van der Waals surface area contributed by atoms with E-state index in [-0.39, 0.29) is 35.5 Å². The van der Waals surface area contributed by atoms with Gasteiger partial charge in [0, 0.05) is 18.5 Å². The fourth-order valence-electron chi connectivity index (χ4n) is 3.53. The number of anilines is 1. The van der Waals surface area contributed by atoms with E-state index in [1.807, 2.05) is 4.90 Å². The first-order valence-electron chi connectivity index (χ1n) is 10.8. The summed E-state index contributed by atoms with van der Waals surface area (Å²) in [4.78, 5) is 19.4. The van der Waals surface area contributed by atoms with Gasteiger partial charge < -0.3 is 14.6 Å². The Morgan fingerprint density at radius 2 is 2.00 bits per heavy atom. The molecule has 11 heteroatoms. The Balaban J connectivity index is 2.09. The van der Waals surface area contributed by atoms with Crippen LogP contribution in [0.2, 0.25) is 13.1 Å². The Morgan fingerprint density at radius 1 is 1.39 bits per heavy atom. The van der Waals surface area contributed by atoms with Crippen LogP contribution in [-0.4, -0.2) is 65.9 Å². The molecule has 8 nitrogen and oxygen atoms in total. The number of rotatable bonds is 10. The van der Waals surface area contributed by atoms with Crippen LogP contribution < -0.4 is 10.2 Å². The van der Waals surface area contributed by atoms with Gasteiger partial charge in [0.2, 0.25) is 0 Å². The van der Waals surface area contributed by atoms with Gasteiger partial charge in [-0.05, 0) is 24.4 Å². The lowest BCUT2D eigenvalue weighted by Gasteiger charge is -2.41. The number of hydrogen-bond donors (Lipinski definition) is 1. The van der Waals surface area contributed by atoms with Crippen molar-refractivity contribution in [2.45, 2.75) is 72.4 Å². The molecule has 0 bridgehead atoms. The minimum absolute atomic E-state index is 0.0829. The molecule has 1 aliphatic heterocycles. The molecule has 178 valence electrons. The number of carbonyl (C=O) groups excluding carboxylic acids is 1. The van der Waals surface area contributed by atoms with Gasteiger partial charge in [0.1, 0.15) is 11.8 Å². The summed E-state index contributed by atoms with van der Waals surface area (Å²) in [5.41, 5.74) is 0.258. The van der Waals surface area contributed by atoms with E-state index in [1.54, 1.807) is 5.38 Å². The van der Waals surface area contributed by atoms with Gasteiger partial charge in [0.25, 0.3) is 16.0 Å². The van der Waals surface area contributed by atoms with Gasteiger partial charge >= 0.3 is 0 Å². The third-order valence-electron chi connectivity index (χ3n) is 5.31. The summed E-state index contributed by atoms with van der Waals surface area (Å²) in [5, 5.41) is 5.64. The van der Waals surface area contributed by atoms with Gasteiger partial charge in [-0.15, -0.1) is 11.3 Å². The molecule has 1 saturated heterocycles. The van der Waals surface area contributed by atoms with Crippen molar-refractivity contribution in [1.29, 1.82) is 0 Å². The van der Waals surface area contributed by atoms with Crippen LogP contribution in [0.1, 0.15) is 51.5 Å². The van der Waals surface area contributed by atoms with Gasteiger partial charge in [-0.2, -0.15) is 8.42 Å². The lowest BCUT2D eigenvalue weighted by Crippen LogP contribution is -2.54. The number of nitrogens with zero attached hydrogens (tertiary/aromatic N) is 2. The standard InChI is InChI=1S/C20H37N3O5S2Si/c1-9-13(2)16(17(20(3,4)5)28-31(7)8)22-18(24)15-12-29-19(21-15)23-10-14(11-23)27-30(6,25)26/h12-14,16-17,31H,9-11H2,1-8H3,(H,22,24)/t13-,16-,17?/m0/s1. The van der Waals surface area contributed by atoms with E-state index in [1.165, 1.54) is 11.3 Å². The van der Waals surface area contributed by atoms with E-state index in [2.05, 4.69) is 58.0 Å². The molecule has 0 radical (unpaired) electrons. The average molecular weight is 492 g/mol. The van der Waals surface area contributed by atoms with Gasteiger partial charge in [-0.1, -0.05) is 41.0 Å². The highest BCUT2D eigenvalue weighted by molar-refractivity contribution is 7.86. The Hall–Kier alpha value is -1.01. The van der Waals surface area contributed by atoms with Crippen LogP contribution in [0.25, 0.3) is 0 Å². The highest BCUT2D eigenvalue weighted by Crippen LogP contribution is 2.31. The van der Waals surface area contributed by atoms with Crippen LogP contribution in [0.4, 0.5) is 5.13 Å². The van der Waals surface area contributed by atoms with E-state index in [9.17, 15) is 13.2 Å². The molecule has 1 unspecified atom stereocenters. The van der Waals surface area contributed by atoms with Crippen LogP contribution in [0, 0.1) is 11.3 Å². The maximum atomic E-state index is 13.1. The third-order valence-corrected chi connectivity index (χ3v) is 7.67. The van der Waals surface area contributed by atoms with E-state index >= 15 is 0 Å². The average Bonchev–Trinajstić information content (AvgIpc) is 3.07. The minimum atomic E-state index is -3.47. The predicted molar refractivity (Wildman–Crippen MR) is 128 cm³/mol. The number of nitrogens with one attached hydrogen (secondary N) is 1. The zero-order valence-electron chi connectivity index (χ0n) is 19.8. The van der Waals surface area contributed by atoms with Gasteiger partial charge in [0.15, 0.2) is 14.2 Å². The van der Waals surface area contributed by atoms with Crippen LogP contribution in [0.3, 0.4) is 0 Å². The predicted octanol–water partition coefficient (Wildman–Crippen LogP) is 2.87. The largest absolute Gasteiger partial charge is 0.415 e. The smallest absolute Gasteiger partial charge is 0.271 e. The van der Waals surface area contributed by atoms with E-state index in [4.69, 9.17) is 8.61 Å². The van der Waals surface area contributed by atoms with Crippen LogP contribution in [0.5, 0.6) is 0 Å². The lowest BCUT2D eigenvalue weighted by molar-refractivity contribution is 0.0295. The van der Waals surface area contributed by atoms with Crippen molar-refractivity contribution in [3.8, 4) is 0 Å².